The Morgan fingerprint density at radius 1 is 1.13 bits per heavy atom. The third-order valence-electron chi connectivity index (χ3n) is 11.5. The van der Waals surface area contributed by atoms with Gasteiger partial charge in [0, 0.05) is 37.7 Å². The Hall–Kier alpha value is -5.10. The van der Waals surface area contributed by atoms with Crippen molar-refractivity contribution in [2.24, 2.45) is 16.5 Å². The van der Waals surface area contributed by atoms with Gasteiger partial charge < -0.3 is 61.6 Å². The number of aliphatic carboxylic acids is 1. The van der Waals surface area contributed by atoms with Crippen molar-refractivity contribution in [3.05, 3.63) is 35.1 Å². The van der Waals surface area contributed by atoms with Gasteiger partial charge in [-0.3, -0.25) is 24.2 Å². The summed E-state index contributed by atoms with van der Waals surface area (Å²) in [6.45, 7) is 0.879. The summed E-state index contributed by atoms with van der Waals surface area (Å²) < 4.78 is 18.5. The molecule has 3 heterocycles. The van der Waals surface area contributed by atoms with Crippen LogP contribution in [0.3, 0.4) is 0 Å². The minimum atomic E-state index is -1.34. The second-order valence-corrected chi connectivity index (χ2v) is 14.7. The van der Waals surface area contributed by atoms with Crippen LogP contribution in [-0.4, -0.2) is 132 Å². The normalized spacial score (nSPS) is 26.9. The molecular weight excluding hydrogens is 704 g/mol. The molecular formula is C36H50N8O10. The smallest absolute Gasteiger partial charge is 0.415 e. The zero-order valence-corrected chi connectivity index (χ0v) is 30.6. The Morgan fingerprint density at radius 2 is 1.93 bits per heavy atom. The fraction of sp³-hybridized carbons (Fsp3) is 0.611. The van der Waals surface area contributed by atoms with Gasteiger partial charge in [0.15, 0.2) is 23.6 Å². The fourth-order valence-electron chi connectivity index (χ4n) is 8.94. The zero-order valence-electron chi connectivity index (χ0n) is 30.6. The number of carboxylic acid groups (broad SMARTS) is 1. The average molecular weight is 755 g/mol. The van der Waals surface area contributed by atoms with E-state index < -0.39 is 72.0 Å². The number of nitrogens with one attached hydrogen (secondary N) is 3. The number of nitrogens with zero attached hydrogens (tertiary/aromatic N) is 3. The largest absolute Gasteiger partial charge is 0.493 e. The van der Waals surface area contributed by atoms with Crippen LogP contribution in [0, 0.1) is 0 Å². The van der Waals surface area contributed by atoms with Crippen molar-refractivity contribution in [3.8, 4) is 11.5 Å². The van der Waals surface area contributed by atoms with Crippen LogP contribution < -0.4 is 36.9 Å². The monoisotopic (exact) mass is 754 g/mol. The topological polar surface area (TPSA) is 260 Å². The Balaban J connectivity index is 1.14. The van der Waals surface area contributed by atoms with Crippen LogP contribution in [0.5, 0.6) is 11.5 Å². The van der Waals surface area contributed by atoms with E-state index >= 15 is 0 Å². The van der Waals surface area contributed by atoms with Gasteiger partial charge in [0.2, 0.25) is 17.7 Å². The summed E-state index contributed by atoms with van der Waals surface area (Å²) in [5.41, 5.74) is 10.9. The quantitative estimate of drug-likeness (QED) is 0.0533. The predicted molar refractivity (Wildman–Crippen MR) is 192 cm³/mol. The summed E-state index contributed by atoms with van der Waals surface area (Å²) in [5.74, 6) is -2.05. The fourth-order valence-corrected chi connectivity index (χ4v) is 8.94. The molecule has 18 heteroatoms. The molecule has 54 heavy (non-hydrogen) atoms. The molecule has 1 aromatic carbocycles. The van der Waals surface area contributed by atoms with E-state index in [0.717, 1.165) is 30.5 Å². The van der Waals surface area contributed by atoms with Crippen molar-refractivity contribution in [2.45, 2.75) is 93.0 Å². The van der Waals surface area contributed by atoms with E-state index in [1.165, 1.54) is 0 Å². The van der Waals surface area contributed by atoms with Crippen LogP contribution in [0.15, 0.2) is 29.0 Å². The molecule has 5 aliphatic rings. The lowest BCUT2D eigenvalue weighted by Gasteiger charge is -2.61. The van der Waals surface area contributed by atoms with Crippen LogP contribution in [-0.2, 0) is 35.8 Å². The molecule has 2 fully saturated rings. The average Bonchev–Trinajstić information content (AvgIpc) is 3.49. The van der Waals surface area contributed by atoms with Gasteiger partial charge >= 0.3 is 12.1 Å². The van der Waals surface area contributed by atoms with Gasteiger partial charge in [0.1, 0.15) is 18.2 Å². The Bertz CT molecular complexity index is 1730. The van der Waals surface area contributed by atoms with E-state index in [9.17, 15) is 29.1 Å². The van der Waals surface area contributed by atoms with Crippen molar-refractivity contribution in [1.29, 1.82) is 0 Å². The second-order valence-electron chi connectivity index (χ2n) is 14.7. The summed E-state index contributed by atoms with van der Waals surface area (Å²) in [6.07, 6.45) is 3.81. The molecule has 3 aliphatic heterocycles. The summed E-state index contributed by atoms with van der Waals surface area (Å²) in [4.78, 5) is 70.3. The van der Waals surface area contributed by atoms with Gasteiger partial charge in [-0.15, -0.1) is 0 Å². The number of amides is 4. The number of hydrogen-bond donors (Lipinski definition) is 7. The van der Waals surface area contributed by atoms with E-state index in [-0.39, 0.29) is 37.9 Å². The third kappa shape index (κ3) is 7.23. The number of carbonyl (C=O) groups is 5. The number of hydrogen-bond acceptors (Lipinski definition) is 11. The van der Waals surface area contributed by atoms with Crippen LogP contribution in [0.1, 0.15) is 62.5 Å². The Kier molecular flexibility index (Phi) is 11.2. The molecule has 2 saturated heterocycles. The third-order valence-corrected chi connectivity index (χ3v) is 11.5. The van der Waals surface area contributed by atoms with Crippen molar-refractivity contribution in [1.82, 2.24) is 25.8 Å². The molecule has 6 rings (SSSR count). The van der Waals surface area contributed by atoms with E-state index in [2.05, 4.69) is 25.8 Å². The first kappa shape index (κ1) is 38.6. The number of rotatable bonds is 14. The highest BCUT2D eigenvalue weighted by atomic mass is 16.6. The van der Waals surface area contributed by atoms with Crippen LogP contribution in [0.4, 0.5) is 4.79 Å². The highest BCUT2D eigenvalue weighted by Crippen LogP contribution is 2.65. The SMILES string of the molecule is COc1ccc2c3c1OC1C(OC(=O)N4CCCCC4CNC(=O)C(CCCN=C(N)N)NC(=O)CNC(=O)CC(=O)O)=CCC4(O)C(C2)N(C)CCC314. The van der Waals surface area contributed by atoms with E-state index in [0.29, 0.717) is 49.5 Å². The van der Waals surface area contributed by atoms with Crippen molar-refractivity contribution in [2.75, 3.05) is 46.9 Å². The number of benzene rings is 1. The first-order chi connectivity index (χ1) is 25.8. The summed E-state index contributed by atoms with van der Waals surface area (Å²) >= 11 is 0. The van der Waals surface area contributed by atoms with Crippen LogP contribution >= 0.6 is 0 Å². The lowest BCUT2D eigenvalue weighted by molar-refractivity contribution is -0.163. The molecule has 0 radical (unpaired) electrons. The van der Waals surface area contributed by atoms with Gasteiger partial charge in [0.05, 0.1) is 30.7 Å². The standard InChI is InChI=1S/C36H50N8O10/c1-43-15-12-35-29-20-8-9-23(52-2)30(29)54-31(35)24(10-11-36(35,51)25(43)16-20)53-34(50)44-14-4-3-6-21(44)18-41-32(49)22(7-5-13-39-33(37)38)42-27(46)19-40-26(45)17-28(47)48/h8-10,21-22,25,31,51H,3-7,11-19H2,1-2H3,(H,40,45)(H,41,49)(H,42,46)(H,47,48)(H4,37,38,39). The van der Waals surface area contributed by atoms with Gasteiger partial charge in [-0.25, -0.2) is 4.79 Å². The van der Waals surface area contributed by atoms with E-state index in [1.54, 1.807) is 18.1 Å². The van der Waals surface area contributed by atoms with Gasteiger partial charge in [-0.2, -0.15) is 0 Å². The number of aliphatic hydroxyl groups is 1. The van der Waals surface area contributed by atoms with Gasteiger partial charge in [-0.05, 0) is 76.2 Å². The molecule has 0 saturated carbocycles. The number of methoxy groups -OCH3 is 1. The summed E-state index contributed by atoms with van der Waals surface area (Å²) in [7, 11) is 3.60. The number of likely N-dealkylation sites (N-methyl/N-ethyl adjacent to an activating group) is 1. The number of carbonyl (C=O) groups excluding carboxylic acids is 4. The van der Waals surface area contributed by atoms with E-state index in [1.807, 2.05) is 19.2 Å². The van der Waals surface area contributed by atoms with Gasteiger partial charge in [0.25, 0.3) is 0 Å². The van der Waals surface area contributed by atoms with Crippen LogP contribution in [0.2, 0.25) is 0 Å². The second kappa shape index (κ2) is 15.7. The molecule has 0 aromatic heterocycles. The van der Waals surface area contributed by atoms with Crippen molar-refractivity contribution < 1.29 is 48.4 Å². The maximum atomic E-state index is 14.0. The molecule has 6 atom stereocenters. The molecule has 1 spiro atoms. The highest BCUT2D eigenvalue weighted by molar-refractivity contribution is 5.95. The summed E-state index contributed by atoms with van der Waals surface area (Å²) in [6, 6.07) is 2.31. The number of carboxylic acids is 1. The first-order valence-electron chi connectivity index (χ1n) is 18.4. The van der Waals surface area contributed by atoms with E-state index in [4.69, 9.17) is 30.8 Å². The molecule has 2 aliphatic carbocycles. The lowest BCUT2D eigenvalue weighted by atomic mass is 9.50. The number of nitrogens with two attached hydrogens (primary N) is 2. The zero-order chi connectivity index (χ0) is 38.8. The Labute approximate surface area is 312 Å². The van der Waals surface area contributed by atoms with Crippen LogP contribution in [0.25, 0.3) is 0 Å². The van der Waals surface area contributed by atoms with Crippen molar-refractivity contribution >= 4 is 35.7 Å². The number of ether oxygens (including phenoxy) is 3. The molecule has 2 bridgehead atoms. The maximum absolute atomic E-state index is 14.0. The lowest BCUT2D eigenvalue weighted by Crippen LogP contribution is -2.74. The molecule has 18 nitrogen and oxygen atoms in total. The first-order valence-corrected chi connectivity index (χ1v) is 18.4. The molecule has 6 unspecified atom stereocenters. The number of guanidine groups is 1. The number of piperidine rings is 2. The number of likely N-dealkylation sites (tertiary alicyclic amines) is 2. The minimum Gasteiger partial charge on any atom is -0.493 e. The number of aliphatic imine (C=N–C) groups is 1. The maximum Gasteiger partial charge on any atom is 0.415 e. The highest BCUT2D eigenvalue weighted by Gasteiger charge is 2.72. The molecule has 294 valence electrons. The predicted octanol–water partition coefficient (Wildman–Crippen LogP) is -0.790. The van der Waals surface area contributed by atoms with Gasteiger partial charge in [-0.1, -0.05) is 6.07 Å². The van der Waals surface area contributed by atoms with Crippen molar-refractivity contribution in [3.63, 3.8) is 0 Å². The molecule has 4 amide bonds. The molecule has 9 N–H and O–H groups in total. The molecule has 1 aromatic rings. The Morgan fingerprint density at radius 3 is 2.67 bits per heavy atom. The summed E-state index contributed by atoms with van der Waals surface area (Å²) in [5, 5.41) is 28.9. The minimum absolute atomic E-state index is 0.0756.